The van der Waals surface area contributed by atoms with Crippen LogP contribution in [0.15, 0.2) is 18.5 Å². The molecule has 2 amide bonds. The molecule has 2 aliphatic rings. The van der Waals surface area contributed by atoms with Crippen LogP contribution in [0.1, 0.15) is 44.1 Å². The van der Waals surface area contributed by atoms with E-state index in [0.29, 0.717) is 0 Å². The van der Waals surface area contributed by atoms with E-state index in [4.69, 9.17) is 0 Å². The van der Waals surface area contributed by atoms with Gasteiger partial charge in [-0.1, -0.05) is 12.8 Å². The van der Waals surface area contributed by atoms with E-state index in [1.807, 2.05) is 17.9 Å². The van der Waals surface area contributed by atoms with Gasteiger partial charge >= 0.3 is 0 Å². The molecule has 1 aromatic heterocycles. The first kappa shape index (κ1) is 16.0. The standard InChI is InChI=1S/C18H25N3O2/c1-13-12-19-9-8-16(13)20-17(22)14-6-2-3-7-15(14)18(23)21-10-4-5-11-21/h8-9,12,14-15H,2-7,10-11H2,1H3,(H,19,20,22)/t14-,15+/m0/s1. The molecule has 2 fully saturated rings. The zero-order chi connectivity index (χ0) is 16.2. The maximum Gasteiger partial charge on any atom is 0.228 e. The van der Waals surface area contributed by atoms with Crippen LogP contribution in [0, 0.1) is 18.8 Å². The first-order valence-electron chi connectivity index (χ1n) is 8.67. The van der Waals surface area contributed by atoms with Crippen LogP contribution in [-0.4, -0.2) is 34.8 Å². The molecule has 1 saturated heterocycles. The predicted molar refractivity (Wildman–Crippen MR) is 88.9 cm³/mol. The Balaban J connectivity index is 1.71. The highest BCUT2D eigenvalue weighted by Crippen LogP contribution is 2.33. The number of aromatic nitrogens is 1. The lowest BCUT2D eigenvalue weighted by Crippen LogP contribution is -2.42. The summed E-state index contributed by atoms with van der Waals surface area (Å²) in [5.41, 5.74) is 1.74. The third-order valence-corrected chi connectivity index (χ3v) is 5.12. The Hall–Kier alpha value is -1.91. The van der Waals surface area contributed by atoms with E-state index in [-0.39, 0.29) is 23.7 Å². The van der Waals surface area contributed by atoms with Crippen molar-refractivity contribution in [1.29, 1.82) is 0 Å². The summed E-state index contributed by atoms with van der Waals surface area (Å²) in [5.74, 6) is -0.182. The van der Waals surface area contributed by atoms with E-state index < -0.39 is 0 Å². The number of nitrogens with zero attached hydrogens (tertiary/aromatic N) is 2. The number of nitrogens with one attached hydrogen (secondary N) is 1. The Morgan fingerprint density at radius 1 is 1.13 bits per heavy atom. The molecule has 0 unspecified atom stereocenters. The van der Waals surface area contributed by atoms with Gasteiger partial charge in [0, 0.05) is 43.0 Å². The molecule has 1 N–H and O–H groups in total. The average molecular weight is 315 g/mol. The summed E-state index contributed by atoms with van der Waals surface area (Å²) < 4.78 is 0. The molecule has 5 heteroatoms. The molecule has 124 valence electrons. The number of likely N-dealkylation sites (tertiary alicyclic amines) is 1. The Labute approximate surface area is 137 Å². The van der Waals surface area contributed by atoms with Crippen LogP contribution in [0.25, 0.3) is 0 Å². The Morgan fingerprint density at radius 3 is 2.52 bits per heavy atom. The van der Waals surface area contributed by atoms with Gasteiger partial charge < -0.3 is 10.2 Å². The van der Waals surface area contributed by atoms with Gasteiger partial charge in [-0.05, 0) is 44.2 Å². The lowest BCUT2D eigenvalue weighted by molar-refractivity contribution is -0.141. The smallest absolute Gasteiger partial charge is 0.228 e. The van der Waals surface area contributed by atoms with Gasteiger partial charge in [0.25, 0.3) is 0 Å². The van der Waals surface area contributed by atoms with Crippen LogP contribution < -0.4 is 5.32 Å². The molecule has 0 bridgehead atoms. The number of rotatable bonds is 3. The van der Waals surface area contributed by atoms with E-state index in [9.17, 15) is 9.59 Å². The maximum absolute atomic E-state index is 12.8. The van der Waals surface area contributed by atoms with Gasteiger partial charge in [-0.2, -0.15) is 0 Å². The fourth-order valence-corrected chi connectivity index (χ4v) is 3.75. The lowest BCUT2D eigenvalue weighted by atomic mass is 9.77. The largest absolute Gasteiger partial charge is 0.342 e. The number of carbonyl (C=O) groups excluding carboxylic acids is 2. The molecule has 0 aromatic carbocycles. The highest BCUT2D eigenvalue weighted by Gasteiger charge is 2.38. The lowest BCUT2D eigenvalue weighted by Gasteiger charge is -2.32. The van der Waals surface area contributed by atoms with Gasteiger partial charge in [0.15, 0.2) is 0 Å². The number of aryl methyl sites for hydroxylation is 1. The minimum atomic E-state index is -0.204. The van der Waals surface area contributed by atoms with Crippen LogP contribution in [-0.2, 0) is 9.59 Å². The summed E-state index contributed by atoms with van der Waals surface area (Å²) in [5, 5.41) is 3.01. The molecular weight excluding hydrogens is 290 g/mol. The molecule has 5 nitrogen and oxygen atoms in total. The Kier molecular flexibility index (Phi) is 4.94. The quantitative estimate of drug-likeness (QED) is 0.933. The summed E-state index contributed by atoms with van der Waals surface area (Å²) in [6, 6.07) is 1.81. The van der Waals surface area contributed by atoms with Crippen molar-refractivity contribution < 1.29 is 9.59 Å². The second-order valence-electron chi connectivity index (χ2n) is 6.71. The van der Waals surface area contributed by atoms with Gasteiger partial charge in [-0.3, -0.25) is 14.6 Å². The fraction of sp³-hybridized carbons (Fsp3) is 0.611. The highest BCUT2D eigenvalue weighted by molar-refractivity contribution is 5.96. The summed E-state index contributed by atoms with van der Waals surface area (Å²) in [4.78, 5) is 31.5. The second kappa shape index (κ2) is 7.11. The predicted octanol–water partition coefficient (Wildman–Crippen LogP) is 2.76. The molecule has 2 heterocycles. The third-order valence-electron chi connectivity index (χ3n) is 5.12. The zero-order valence-corrected chi connectivity index (χ0v) is 13.8. The summed E-state index contributed by atoms with van der Waals surface area (Å²) in [6.07, 6.45) is 9.30. The van der Waals surface area contributed by atoms with Crippen molar-refractivity contribution in [3.05, 3.63) is 24.0 Å². The van der Waals surface area contributed by atoms with Crippen molar-refractivity contribution in [3.63, 3.8) is 0 Å². The van der Waals surface area contributed by atoms with Crippen molar-refractivity contribution in [2.24, 2.45) is 11.8 Å². The van der Waals surface area contributed by atoms with Crippen molar-refractivity contribution in [1.82, 2.24) is 9.88 Å². The highest BCUT2D eigenvalue weighted by atomic mass is 16.2. The molecule has 1 saturated carbocycles. The number of amides is 2. The minimum Gasteiger partial charge on any atom is -0.342 e. The van der Waals surface area contributed by atoms with Crippen molar-refractivity contribution >= 4 is 17.5 Å². The van der Waals surface area contributed by atoms with Crippen LogP contribution in [0.3, 0.4) is 0 Å². The second-order valence-corrected chi connectivity index (χ2v) is 6.71. The normalized spacial score (nSPS) is 24.5. The molecule has 1 aliphatic heterocycles. The van der Waals surface area contributed by atoms with Gasteiger partial charge in [-0.15, -0.1) is 0 Å². The van der Waals surface area contributed by atoms with E-state index >= 15 is 0 Å². The van der Waals surface area contributed by atoms with Gasteiger partial charge in [0.05, 0.1) is 0 Å². The monoisotopic (exact) mass is 315 g/mol. The number of pyridine rings is 1. The number of anilines is 1. The first-order valence-corrected chi connectivity index (χ1v) is 8.67. The fourth-order valence-electron chi connectivity index (χ4n) is 3.75. The van der Waals surface area contributed by atoms with E-state index in [1.54, 1.807) is 12.4 Å². The summed E-state index contributed by atoms with van der Waals surface area (Å²) in [6.45, 7) is 3.64. The Morgan fingerprint density at radius 2 is 1.83 bits per heavy atom. The molecule has 2 atom stereocenters. The van der Waals surface area contributed by atoms with E-state index in [0.717, 1.165) is 62.9 Å². The van der Waals surface area contributed by atoms with E-state index in [2.05, 4.69) is 10.3 Å². The summed E-state index contributed by atoms with van der Waals surface area (Å²) >= 11 is 0. The Bertz CT molecular complexity index is 581. The topological polar surface area (TPSA) is 62.3 Å². The molecule has 0 spiro atoms. The number of hydrogen-bond donors (Lipinski definition) is 1. The number of hydrogen-bond acceptors (Lipinski definition) is 3. The van der Waals surface area contributed by atoms with Crippen molar-refractivity contribution in [2.75, 3.05) is 18.4 Å². The molecule has 0 radical (unpaired) electrons. The first-order chi connectivity index (χ1) is 11.2. The molecule has 1 aromatic rings. The molecule has 3 rings (SSSR count). The third kappa shape index (κ3) is 3.54. The van der Waals surface area contributed by atoms with Gasteiger partial charge in [0.2, 0.25) is 11.8 Å². The maximum atomic E-state index is 12.8. The minimum absolute atomic E-state index is 0.0171. The molecular formula is C18H25N3O2. The van der Waals surface area contributed by atoms with Crippen molar-refractivity contribution in [2.45, 2.75) is 45.4 Å². The zero-order valence-electron chi connectivity index (χ0n) is 13.8. The SMILES string of the molecule is Cc1cnccc1NC(=O)[C@H]1CCCC[C@H]1C(=O)N1CCCC1. The van der Waals surface area contributed by atoms with Crippen LogP contribution in [0.4, 0.5) is 5.69 Å². The molecule has 23 heavy (non-hydrogen) atoms. The molecule has 1 aliphatic carbocycles. The van der Waals surface area contributed by atoms with Crippen molar-refractivity contribution in [3.8, 4) is 0 Å². The summed E-state index contributed by atoms with van der Waals surface area (Å²) in [7, 11) is 0. The van der Waals surface area contributed by atoms with E-state index in [1.165, 1.54) is 0 Å². The van der Waals surface area contributed by atoms with Crippen LogP contribution in [0.2, 0.25) is 0 Å². The van der Waals surface area contributed by atoms with Crippen LogP contribution in [0.5, 0.6) is 0 Å². The van der Waals surface area contributed by atoms with Gasteiger partial charge in [0.1, 0.15) is 0 Å². The average Bonchev–Trinajstić information content (AvgIpc) is 3.11. The van der Waals surface area contributed by atoms with Gasteiger partial charge in [-0.25, -0.2) is 0 Å². The number of carbonyl (C=O) groups is 2. The van der Waals surface area contributed by atoms with Crippen LogP contribution >= 0.6 is 0 Å².